The second-order valence-corrected chi connectivity index (χ2v) is 5.18. The third-order valence-corrected chi connectivity index (χ3v) is 3.67. The van der Waals surface area contributed by atoms with Crippen molar-refractivity contribution in [1.82, 2.24) is 5.32 Å². The molecule has 0 radical (unpaired) electrons. The van der Waals surface area contributed by atoms with Gasteiger partial charge in [0, 0.05) is 24.8 Å². The van der Waals surface area contributed by atoms with Crippen molar-refractivity contribution in [2.45, 2.75) is 19.3 Å². The van der Waals surface area contributed by atoms with Crippen LogP contribution in [0.15, 0.2) is 54.6 Å². The van der Waals surface area contributed by atoms with E-state index in [1.807, 2.05) is 49.5 Å². The molecule has 0 spiro atoms. The lowest BCUT2D eigenvalue weighted by atomic mass is 9.98. The summed E-state index contributed by atoms with van der Waals surface area (Å²) in [5.41, 5.74) is 3.01. The summed E-state index contributed by atoms with van der Waals surface area (Å²) in [6.45, 7) is 2.87. The molecule has 2 rings (SSSR count). The van der Waals surface area contributed by atoms with Gasteiger partial charge in [-0.3, -0.25) is 4.79 Å². The highest BCUT2D eigenvalue weighted by Gasteiger charge is 2.07. The van der Waals surface area contributed by atoms with E-state index in [0.717, 1.165) is 12.1 Å². The van der Waals surface area contributed by atoms with Crippen molar-refractivity contribution < 1.29 is 4.79 Å². The molecule has 0 heterocycles. The SMILES string of the molecule is CNc1ccc(C(=O)NCCC(C)c2ccccc2)cc1. The van der Waals surface area contributed by atoms with Crippen molar-refractivity contribution in [2.75, 3.05) is 18.9 Å². The standard InChI is InChI=1S/C18H22N2O/c1-14(15-6-4-3-5-7-15)12-13-20-18(21)16-8-10-17(19-2)11-9-16/h3-11,14,19H,12-13H2,1-2H3,(H,20,21). The number of carbonyl (C=O) groups is 1. The predicted molar refractivity (Wildman–Crippen MR) is 87.8 cm³/mol. The monoisotopic (exact) mass is 282 g/mol. The molecule has 0 aliphatic carbocycles. The van der Waals surface area contributed by atoms with Crippen LogP contribution in [0.5, 0.6) is 0 Å². The highest BCUT2D eigenvalue weighted by Crippen LogP contribution is 2.17. The quantitative estimate of drug-likeness (QED) is 0.849. The van der Waals surface area contributed by atoms with Crippen molar-refractivity contribution in [1.29, 1.82) is 0 Å². The van der Waals surface area contributed by atoms with Crippen LogP contribution in [0.1, 0.15) is 35.2 Å². The van der Waals surface area contributed by atoms with E-state index in [1.54, 1.807) is 0 Å². The third-order valence-electron chi connectivity index (χ3n) is 3.67. The van der Waals surface area contributed by atoms with E-state index >= 15 is 0 Å². The fourth-order valence-electron chi connectivity index (χ4n) is 2.24. The summed E-state index contributed by atoms with van der Waals surface area (Å²) in [5.74, 6) is 0.427. The summed E-state index contributed by atoms with van der Waals surface area (Å²) >= 11 is 0. The van der Waals surface area contributed by atoms with Crippen molar-refractivity contribution >= 4 is 11.6 Å². The van der Waals surface area contributed by atoms with Gasteiger partial charge < -0.3 is 10.6 Å². The molecule has 21 heavy (non-hydrogen) atoms. The lowest BCUT2D eigenvalue weighted by molar-refractivity contribution is 0.0952. The minimum absolute atomic E-state index is 0.0158. The van der Waals surface area contributed by atoms with E-state index in [1.165, 1.54) is 5.56 Å². The average Bonchev–Trinajstić information content (AvgIpc) is 2.55. The van der Waals surface area contributed by atoms with Crippen LogP contribution in [0.4, 0.5) is 5.69 Å². The van der Waals surface area contributed by atoms with Crippen LogP contribution in [-0.4, -0.2) is 19.5 Å². The van der Waals surface area contributed by atoms with E-state index in [-0.39, 0.29) is 5.91 Å². The second-order valence-electron chi connectivity index (χ2n) is 5.18. The Bertz CT molecular complexity index is 564. The van der Waals surface area contributed by atoms with Gasteiger partial charge in [0.25, 0.3) is 5.91 Å². The first-order valence-corrected chi connectivity index (χ1v) is 7.31. The number of carbonyl (C=O) groups excluding carboxylic acids is 1. The minimum atomic E-state index is -0.0158. The number of nitrogens with one attached hydrogen (secondary N) is 2. The second kappa shape index (κ2) is 7.48. The molecular weight excluding hydrogens is 260 g/mol. The van der Waals surface area contributed by atoms with Crippen molar-refractivity contribution in [3.8, 4) is 0 Å². The molecule has 2 aromatic rings. The number of hydrogen-bond acceptors (Lipinski definition) is 2. The van der Waals surface area contributed by atoms with Gasteiger partial charge in [-0.2, -0.15) is 0 Å². The number of amides is 1. The molecule has 0 fully saturated rings. The van der Waals surface area contributed by atoms with E-state index in [2.05, 4.69) is 29.7 Å². The first-order chi connectivity index (χ1) is 10.2. The number of hydrogen-bond donors (Lipinski definition) is 2. The zero-order valence-electron chi connectivity index (χ0n) is 12.6. The molecule has 0 aliphatic heterocycles. The van der Waals surface area contributed by atoms with E-state index in [9.17, 15) is 4.79 Å². The van der Waals surface area contributed by atoms with Crippen molar-refractivity contribution in [3.05, 3.63) is 65.7 Å². The molecular formula is C18H22N2O. The molecule has 3 heteroatoms. The van der Waals surface area contributed by atoms with E-state index < -0.39 is 0 Å². The molecule has 110 valence electrons. The molecule has 2 aromatic carbocycles. The van der Waals surface area contributed by atoms with Crippen LogP contribution >= 0.6 is 0 Å². The van der Waals surface area contributed by atoms with Crippen molar-refractivity contribution in [3.63, 3.8) is 0 Å². The molecule has 0 aliphatic rings. The fraction of sp³-hybridized carbons (Fsp3) is 0.278. The maximum atomic E-state index is 12.0. The molecule has 1 atom stereocenters. The van der Waals surface area contributed by atoms with Gasteiger partial charge in [0.15, 0.2) is 0 Å². The Morgan fingerprint density at radius 2 is 1.71 bits per heavy atom. The Labute approximate surface area is 126 Å². The summed E-state index contributed by atoms with van der Waals surface area (Å²) in [6.07, 6.45) is 0.935. The smallest absolute Gasteiger partial charge is 0.251 e. The van der Waals surface area contributed by atoms with E-state index in [4.69, 9.17) is 0 Å². The van der Waals surface area contributed by atoms with Crippen LogP contribution in [0, 0.1) is 0 Å². The Kier molecular flexibility index (Phi) is 5.38. The summed E-state index contributed by atoms with van der Waals surface area (Å²) in [6, 6.07) is 17.9. The van der Waals surface area contributed by atoms with Gasteiger partial charge in [0.2, 0.25) is 0 Å². The summed E-state index contributed by atoms with van der Waals surface area (Å²) in [5, 5.41) is 6.02. The van der Waals surface area contributed by atoms with Crippen LogP contribution in [0.3, 0.4) is 0 Å². The molecule has 1 unspecified atom stereocenters. The number of rotatable bonds is 6. The van der Waals surface area contributed by atoms with E-state index in [0.29, 0.717) is 18.0 Å². The van der Waals surface area contributed by atoms with Crippen LogP contribution in [-0.2, 0) is 0 Å². The topological polar surface area (TPSA) is 41.1 Å². The Balaban J connectivity index is 1.81. The van der Waals surface area contributed by atoms with Gasteiger partial charge in [-0.15, -0.1) is 0 Å². The van der Waals surface area contributed by atoms with Crippen molar-refractivity contribution in [2.24, 2.45) is 0 Å². The zero-order valence-corrected chi connectivity index (χ0v) is 12.6. The third kappa shape index (κ3) is 4.35. The largest absolute Gasteiger partial charge is 0.388 e. The Morgan fingerprint density at radius 1 is 1.05 bits per heavy atom. The maximum Gasteiger partial charge on any atom is 0.251 e. The highest BCUT2D eigenvalue weighted by molar-refractivity contribution is 5.94. The molecule has 3 nitrogen and oxygen atoms in total. The normalized spacial score (nSPS) is 11.7. The zero-order chi connectivity index (χ0) is 15.1. The lowest BCUT2D eigenvalue weighted by Crippen LogP contribution is -2.25. The molecule has 0 saturated carbocycles. The van der Waals surface area contributed by atoms with Gasteiger partial charge in [-0.1, -0.05) is 37.3 Å². The van der Waals surface area contributed by atoms with Crippen LogP contribution in [0.2, 0.25) is 0 Å². The Hall–Kier alpha value is -2.29. The Morgan fingerprint density at radius 3 is 2.33 bits per heavy atom. The van der Waals surface area contributed by atoms with Crippen LogP contribution in [0.25, 0.3) is 0 Å². The predicted octanol–water partition coefficient (Wildman–Crippen LogP) is 3.65. The number of benzene rings is 2. The maximum absolute atomic E-state index is 12.0. The van der Waals surface area contributed by atoms with Gasteiger partial charge in [-0.05, 0) is 42.2 Å². The van der Waals surface area contributed by atoms with Gasteiger partial charge in [-0.25, -0.2) is 0 Å². The molecule has 1 amide bonds. The highest BCUT2D eigenvalue weighted by atomic mass is 16.1. The molecule has 0 aromatic heterocycles. The first-order valence-electron chi connectivity index (χ1n) is 7.31. The van der Waals surface area contributed by atoms with Gasteiger partial charge in [0.05, 0.1) is 0 Å². The van der Waals surface area contributed by atoms with Crippen LogP contribution < -0.4 is 10.6 Å². The summed E-state index contributed by atoms with van der Waals surface area (Å²) < 4.78 is 0. The minimum Gasteiger partial charge on any atom is -0.388 e. The number of anilines is 1. The lowest BCUT2D eigenvalue weighted by Gasteiger charge is -2.12. The molecule has 2 N–H and O–H groups in total. The van der Waals surface area contributed by atoms with Gasteiger partial charge in [0.1, 0.15) is 0 Å². The molecule has 0 saturated heterocycles. The fourth-order valence-corrected chi connectivity index (χ4v) is 2.24. The average molecular weight is 282 g/mol. The van der Waals surface area contributed by atoms with Gasteiger partial charge >= 0.3 is 0 Å². The molecule has 0 bridgehead atoms. The first kappa shape index (κ1) is 15.1. The summed E-state index contributed by atoms with van der Waals surface area (Å²) in [7, 11) is 1.86. The summed E-state index contributed by atoms with van der Waals surface area (Å²) in [4.78, 5) is 12.0.